The zero-order valence-corrected chi connectivity index (χ0v) is 33.6. The Morgan fingerprint density at radius 3 is 0.821 bits per heavy atom. The van der Waals surface area contributed by atoms with Crippen LogP contribution < -0.4 is 14.7 Å². The average Bonchev–Trinajstić information content (AvgIpc) is 2.81. The van der Waals surface area contributed by atoms with E-state index in [1.165, 1.54) is 57.8 Å². The van der Waals surface area contributed by atoms with E-state index in [0.29, 0.717) is 19.8 Å². The minimum absolute atomic E-state index is 0. The van der Waals surface area contributed by atoms with Gasteiger partial charge in [-0.15, -0.1) is 52.5 Å². The topological polar surface area (TPSA) is 114 Å². The van der Waals surface area contributed by atoms with E-state index in [4.69, 9.17) is 17.8 Å². The molecule has 0 aromatic rings. The fraction of sp³-hybridized carbons (Fsp3) is 1.00. The van der Waals surface area contributed by atoms with E-state index in [-0.39, 0.29) is 21.1 Å². The maximum Gasteiger partial charge on any atom is 0.197 e. The van der Waals surface area contributed by atoms with Gasteiger partial charge in [0.25, 0.3) is 0 Å². The molecule has 0 amide bonds. The van der Waals surface area contributed by atoms with Crippen molar-refractivity contribution >= 4 is 102 Å². The van der Waals surface area contributed by atoms with Crippen LogP contribution in [0, 0.1) is 0 Å². The third-order valence-corrected chi connectivity index (χ3v) is 7.89. The minimum Gasteiger partial charge on any atom is -0.819 e. The van der Waals surface area contributed by atoms with Crippen molar-refractivity contribution in [1.29, 1.82) is 0 Å². The van der Waals surface area contributed by atoms with Crippen LogP contribution in [0.3, 0.4) is 0 Å². The van der Waals surface area contributed by atoms with Gasteiger partial charge >= 0.3 is 0 Å². The van der Waals surface area contributed by atoms with Gasteiger partial charge < -0.3 is 65.0 Å². The molecule has 0 saturated heterocycles. The first-order valence-electron chi connectivity index (χ1n) is 12.8. The van der Waals surface area contributed by atoms with E-state index in [9.17, 15) is 14.7 Å². The summed E-state index contributed by atoms with van der Waals surface area (Å²) < 4.78 is 22.2. The Balaban J connectivity index is -0.000000142. The largest absolute Gasteiger partial charge is 0.819 e. The molecule has 0 aliphatic heterocycles. The Kier molecular flexibility index (Phi) is 50.2. The van der Waals surface area contributed by atoms with Crippen molar-refractivity contribution in [3.63, 3.8) is 0 Å². The molecule has 0 fully saturated rings. The van der Waals surface area contributed by atoms with Crippen LogP contribution in [0.4, 0.5) is 0 Å². The van der Waals surface area contributed by atoms with Gasteiger partial charge in [0.2, 0.25) is 0 Å². The molecule has 0 heterocycles. The van der Waals surface area contributed by atoms with E-state index < -0.39 is 17.1 Å². The summed E-state index contributed by atoms with van der Waals surface area (Å²) >= 11 is 29.4. The van der Waals surface area contributed by atoms with Gasteiger partial charge in [-0.3, -0.25) is 0 Å². The quantitative estimate of drug-likeness (QED) is 0.0586. The summed E-state index contributed by atoms with van der Waals surface area (Å²) in [5.74, 6) is 0. The summed E-state index contributed by atoms with van der Waals surface area (Å²) in [7, 11) is 0. The van der Waals surface area contributed by atoms with Gasteiger partial charge in [-0.1, -0.05) is 97.8 Å². The normalized spacial score (nSPS) is 14.8. The fourth-order valence-electron chi connectivity index (χ4n) is 2.65. The van der Waals surface area contributed by atoms with Crippen molar-refractivity contribution < 1.29 is 53.5 Å². The van der Waals surface area contributed by atoms with Crippen LogP contribution in [-0.4, -0.2) is 24.0 Å². The van der Waals surface area contributed by atoms with Crippen molar-refractivity contribution in [1.82, 2.24) is 0 Å². The van der Waals surface area contributed by atoms with Crippen LogP contribution >= 0.6 is 17.1 Å². The summed E-state index contributed by atoms with van der Waals surface area (Å²) in [6, 6.07) is 0. The van der Waals surface area contributed by atoms with E-state index in [1.54, 1.807) is 0 Å². The maximum absolute atomic E-state index is 10.7. The summed E-state index contributed by atoms with van der Waals surface area (Å²) in [5.41, 5.74) is -9.16. The Morgan fingerprint density at radius 1 is 0.487 bits per heavy atom. The van der Waals surface area contributed by atoms with Crippen molar-refractivity contribution in [3.05, 3.63) is 0 Å². The second-order valence-corrected chi connectivity index (χ2v) is 22.3. The van der Waals surface area contributed by atoms with Crippen LogP contribution in [0.5, 0.6) is 0 Å². The summed E-state index contributed by atoms with van der Waals surface area (Å²) in [4.78, 5) is 32.1. The van der Waals surface area contributed by atoms with E-state index in [1.807, 2.05) is 0 Å². The molecular formula is C21H45MoO7P3S7-6. The summed E-state index contributed by atoms with van der Waals surface area (Å²) in [6.07, 6.45) is 17.1. The first kappa shape index (κ1) is 52.0. The number of rotatable bonds is 21. The first-order valence-corrected chi connectivity index (χ1v) is 24.1. The van der Waals surface area contributed by atoms with Gasteiger partial charge in [-0.2, -0.15) is 4.21 Å². The van der Waals surface area contributed by atoms with Gasteiger partial charge in [0.15, 0.2) is 12.5 Å². The van der Waals surface area contributed by atoms with Crippen LogP contribution in [0.25, 0.3) is 0 Å². The molecule has 0 N–H and O–H groups in total. The maximum atomic E-state index is 10.7. The third-order valence-electron chi connectivity index (χ3n) is 4.49. The SMILES string of the molecule is CCCCCCCOP([O-])(=S)[S-].CCCCCCCOP([O-])(=S)[S-].CCCCCCCOP([O-])(=S)[S-].O=S.[Mo]. The summed E-state index contributed by atoms with van der Waals surface area (Å²) in [5, 5.41) is 0. The predicted molar refractivity (Wildman–Crippen MR) is 177 cm³/mol. The molecular weight excluding hydrogens is 778 g/mol. The molecule has 7 nitrogen and oxygen atoms in total. The predicted octanol–water partition coefficient (Wildman–Crippen LogP) is 5.98. The van der Waals surface area contributed by atoms with Crippen molar-refractivity contribution in [2.24, 2.45) is 0 Å². The molecule has 0 aromatic carbocycles. The van der Waals surface area contributed by atoms with Crippen LogP contribution in [0.2, 0.25) is 0 Å². The third kappa shape index (κ3) is 69.6. The number of hydrogen-bond donors (Lipinski definition) is 0. The zero-order valence-electron chi connectivity index (χ0n) is 23.2. The van der Waals surface area contributed by atoms with Gasteiger partial charge in [0.05, 0.1) is 0 Å². The van der Waals surface area contributed by atoms with Crippen molar-refractivity contribution in [2.45, 2.75) is 117 Å². The molecule has 18 heteroatoms. The smallest absolute Gasteiger partial charge is 0.197 e. The molecule has 0 rings (SSSR count). The molecule has 39 heavy (non-hydrogen) atoms. The molecule has 0 aliphatic carbocycles. The van der Waals surface area contributed by atoms with E-state index in [2.05, 4.69) is 105 Å². The second-order valence-electron chi connectivity index (χ2n) is 8.08. The monoisotopic (exact) mass is 824 g/mol. The van der Waals surface area contributed by atoms with Gasteiger partial charge in [0, 0.05) is 40.9 Å². The Labute approximate surface area is 289 Å². The summed E-state index contributed by atoms with van der Waals surface area (Å²) in [6.45, 7) is 7.85. The van der Waals surface area contributed by atoms with Crippen LogP contribution in [0.15, 0.2) is 0 Å². The van der Waals surface area contributed by atoms with E-state index >= 15 is 0 Å². The Bertz CT molecular complexity index is 546. The van der Waals surface area contributed by atoms with Gasteiger partial charge in [-0.05, 0) is 19.3 Å². The molecule has 240 valence electrons. The molecule has 0 aliphatic rings. The van der Waals surface area contributed by atoms with E-state index in [0.717, 1.165) is 38.5 Å². The Hall–Kier alpha value is 3.47. The van der Waals surface area contributed by atoms with Crippen LogP contribution in [-0.2, 0) is 119 Å². The second kappa shape index (κ2) is 37.7. The number of unbranched alkanes of at least 4 members (excludes halogenated alkanes) is 12. The molecule has 0 spiro atoms. The molecule has 0 saturated carbocycles. The molecule has 0 radical (unpaired) electrons. The van der Waals surface area contributed by atoms with Crippen molar-refractivity contribution in [3.8, 4) is 0 Å². The minimum atomic E-state index is -3.05. The zero-order chi connectivity index (χ0) is 30.3. The molecule has 0 aromatic heterocycles. The fourth-order valence-corrected chi connectivity index (χ4v) is 5.05. The molecule has 3 atom stereocenters. The molecule has 0 bridgehead atoms. The van der Waals surface area contributed by atoms with Crippen molar-refractivity contribution in [2.75, 3.05) is 19.8 Å². The van der Waals surface area contributed by atoms with Gasteiger partial charge in [-0.25, -0.2) is 0 Å². The number of hydrogen-bond acceptors (Lipinski definition) is 14. The van der Waals surface area contributed by atoms with Gasteiger partial charge in [0.1, 0.15) is 0 Å². The Morgan fingerprint density at radius 2 is 0.667 bits per heavy atom. The first-order chi connectivity index (χ1) is 17.7. The average molecular weight is 823 g/mol. The standard InChI is InChI=1S/3C7H17O2PS2.Mo.OS/c3*1-2-3-4-5-6-7-9-10(8,11)12;;1-2/h3*2-7H2,1H3,(H2,8,11,12);;/p-6. The molecule has 3 unspecified atom stereocenters. The van der Waals surface area contributed by atoms with Crippen LogP contribution in [0.1, 0.15) is 117 Å².